The Bertz CT molecular complexity index is 1010. The van der Waals surface area contributed by atoms with Crippen molar-refractivity contribution in [2.24, 2.45) is 5.10 Å². The monoisotopic (exact) mass is 447 g/mol. The summed E-state index contributed by atoms with van der Waals surface area (Å²) in [7, 11) is 1.53. The first-order valence-corrected chi connectivity index (χ1v) is 10.4. The predicted molar refractivity (Wildman–Crippen MR) is 118 cm³/mol. The Morgan fingerprint density at radius 1 is 1.27 bits per heavy atom. The molecule has 1 N–H and O–H groups in total. The number of aryl methyl sites for hydroxylation is 1. The summed E-state index contributed by atoms with van der Waals surface area (Å²) in [5.41, 5.74) is 2.85. The molecule has 1 heterocycles. The molecule has 0 saturated heterocycles. The number of hydrogen-bond donors (Lipinski definition) is 1. The van der Waals surface area contributed by atoms with Crippen molar-refractivity contribution in [1.82, 2.24) is 10.3 Å². The van der Waals surface area contributed by atoms with Crippen LogP contribution in [-0.4, -0.2) is 29.1 Å². The molecular weight excluding hydrogens is 426 g/mol. The molecule has 0 radical (unpaired) electrons. The second-order valence-corrected chi connectivity index (χ2v) is 8.21. The highest BCUT2D eigenvalue weighted by molar-refractivity contribution is 8.14. The maximum absolute atomic E-state index is 12.1. The largest absolute Gasteiger partial charge is 0.493 e. The molecule has 0 bridgehead atoms. The summed E-state index contributed by atoms with van der Waals surface area (Å²) in [6.07, 6.45) is 0. The Morgan fingerprint density at radius 2 is 2.03 bits per heavy atom. The average Bonchev–Trinajstić information content (AvgIpc) is 3.10. The number of ether oxygens (including phenoxy) is 2. The van der Waals surface area contributed by atoms with E-state index in [1.807, 2.05) is 31.2 Å². The minimum atomic E-state index is -0.485. The lowest BCUT2D eigenvalue weighted by Crippen LogP contribution is -2.25. The number of carbonyl (C=O) groups excluding carboxylic acids is 2. The second kappa shape index (κ2) is 9.40. The molecular formula is C21H22ClN3O4S. The zero-order chi connectivity index (χ0) is 21.8. The number of rotatable bonds is 5. The van der Waals surface area contributed by atoms with Crippen LogP contribution < -0.4 is 14.8 Å². The first-order chi connectivity index (χ1) is 14.3. The van der Waals surface area contributed by atoms with Crippen molar-refractivity contribution < 1.29 is 19.1 Å². The zero-order valence-electron chi connectivity index (χ0n) is 17.1. The summed E-state index contributed by atoms with van der Waals surface area (Å²) in [6.45, 7) is 5.15. The summed E-state index contributed by atoms with van der Waals surface area (Å²) in [6, 6.07) is 11.5. The number of carbonyl (C=O) groups is 2. The van der Waals surface area contributed by atoms with Crippen LogP contribution in [0.3, 0.4) is 0 Å². The van der Waals surface area contributed by atoms with Gasteiger partial charge in [-0.2, -0.15) is 0 Å². The van der Waals surface area contributed by atoms with Crippen molar-refractivity contribution in [3.63, 3.8) is 0 Å². The van der Waals surface area contributed by atoms with E-state index in [0.717, 1.165) is 11.1 Å². The van der Waals surface area contributed by atoms with Crippen LogP contribution in [0.5, 0.6) is 11.5 Å². The van der Waals surface area contributed by atoms with Gasteiger partial charge in [-0.3, -0.25) is 9.59 Å². The van der Waals surface area contributed by atoms with Crippen LogP contribution in [0.4, 0.5) is 0 Å². The quantitative estimate of drug-likeness (QED) is 0.741. The van der Waals surface area contributed by atoms with E-state index in [9.17, 15) is 9.59 Å². The molecule has 0 fully saturated rings. The Balaban J connectivity index is 1.86. The van der Waals surface area contributed by atoms with E-state index in [1.54, 1.807) is 12.1 Å². The third-order valence-electron chi connectivity index (χ3n) is 4.25. The molecule has 1 aliphatic heterocycles. The molecule has 0 unspecified atom stereocenters. The van der Waals surface area contributed by atoms with E-state index >= 15 is 0 Å². The fourth-order valence-corrected chi connectivity index (χ4v) is 4.35. The number of hydrogen-bond acceptors (Lipinski definition) is 6. The second-order valence-electron chi connectivity index (χ2n) is 6.73. The highest BCUT2D eigenvalue weighted by Crippen LogP contribution is 2.44. The van der Waals surface area contributed by atoms with E-state index in [2.05, 4.69) is 10.4 Å². The van der Waals surface area contributed by atoms with E-state index in [1.165, 1.54) is 37.7 Å². The van der Waals surface area contributed by atoms with Crippen LogP contribution in [0, 0.1) is 6.92 Å². The summed E-state index contributed by atoms with van der Waals surface area (Å²) in [5.74, 6) is 0.343. The Hall–Kier alpha value is -2.71. The lowest BCUT2D eigenvalue weighted by atomic mass is 10.1. The minimum Gasteiger partial charge on any atom is -0.493 e. The molecule has 0 saturated carbocycles. The number of thioether (sulfide) groups is 1. The van der Waals surface area contributed by atoms with Gasteiger partial charge in [-0.25, -0.2) is 5.01 Å². The topological polar surface area (TPSA) is 80.2 Å². The Morgan fingerprint density at radius 3 is 2.67 bits per heavy atom. The van der Waals surface area contributed by atoms with Crippen LogP contribution in [0.25, 0.3) is 0 Å². The standard InChI is InChI=1S/C21H22ClN3O4S/c1-12-6-5-7-15(8-12)11-29-19-17(22)9-16(10-18(19)28-4)20-25(14(3)27)24-21(30-20)23-13(2)26/h5-10,20H,11H2,1-4H3,(H,23,24,26)/t20-/m1/s1. The molecule has 1 aliphatic rings. The number of halogens is 1. The van der Waals surface area contributed by atoms with Gasteiger partial charge in [-0.05, 0) is 30.2 Å². The van der Waals surface area contributed by atoms with Crippen LogP contribution in [0.2, 0.25) is 5.02 Å². The maximum atomic E-state index is 12.1. The van der Waals surface area contributed by atoms with E-state index in [0.29, 0.717) is 33.9 Å². The van der Waals surface area contributed by atoms with Crippen LogP contribution in [-0.2, 0) is 16.2 Å². The smallest absolute Gasteiger partial charge is 0.241 e. The molecule has 0 aromatic heterocycles. The Kier molecular flexibility index (Phi) is 6.89. The van der Waals surface area contributed by atoms with Gasteiger partial charge in [0.1, 0.15) is 12.0 Å². The summed E-state index contributed by atoms with van der Waals surface area (Å²) < 4.78 is 11.4. The molecule has 0 spiro atoms. The van der Waals surface area contributed by atoms with Gasteiger partial charge in [0.25, 0.3) is 0 Å². The first kappa shape index (κ1) is 22.0. The molecule has 2 aromatic rings. The Labute approximate surface area is 184 Å². The molecule has 158 valence electrons. The van der Waals surface area contributed by atoms with Gasteiger partial charge < -0.3 is 14.8 Å². The third-order valence-corrected chi connectivity index (χ3v) is 5.63. The van der Waals surface area contributed by atoms with Crippen molar-refractivity contribution in [2.75, 3.05) is 7.11 Å². The highest BCUT2D eigenvalue weighted by atomic mass is 35.5. The van der Waals surface area contributed by atoms with Crippen LogP contribution >= 0.6 is 23.4 Å². The minimum absolute atomic E-state index is 0.261. The number of benzene rings is 2. The molecule has 9 heteroatoms. The number of methoxy groups -OCH3 is 1. The lowest BCUT2D eigenvalue weighted by molar-refractivity contribution is -0.129. The van der Waals surface area contributed by atoms with Crippen LogP contribution in [0.15, 0.2) is 41.5 Å². The molecule has 0 aliphatic carbocycles. The van der Waals surface area contributed by atoms with Crippen molar-refractivity contribution in [3.8, 4) is 11.5 Å². The van der Waals surface area contributed by atoms with Gasteiger partial charge in [0.2, 0.25) is 11.8 Å². The van der Waals surface area contributed by atoms with E-state index in [-0.39, 0.29) is 11.8 Å². The molecule has 30 heavy (non-hydrogen) atoms. The number of hydrazone groups is 1. The lowest BCUT2D eigenvalue weighted by Gasteiger charge is -2.21. The van der Waals surface area contributed by atoms with Gasteiger partial charge in [-0.15, -0.1) is 5.10 Å². The average molecular weight is 448 g/mol. The molecule has 2 aromatic carbocycles. The SMILES string of the molecule is COc1cc([C@H]2SC(NC(C)=O)=NN2C(C)=O)cc(Cl)c1OCc1cccc(C)c1. The normalized spacial score (nSPS) is 15.6. The summed E-state index contributed by atoms with van der Waals surface area (Å²) >= 11 is 7.75. The van der Waals surface area contributed by atoms with Crippen LogP contribution in [0.1, 0.15) is 35.9 Å². The van der Waals surface area contributed by atoms with Crippen molar-refractivity contribution in [3.05, 3.63) is 58.1 Å². The first-order valence-electron chi connectivity index (χ1n) is 9.17. The molecule has 2 amide bonds. The fraction of sp³-hybridized carbons (Fsp3) is 0.286. The number of amides is 2. The maximum Gasteiger partial charge on any atom is 0.241 e. The summed E-state index contributed by atoms with van der Waals surface area (Å²) in [4.78, 5) is 23.4. The highest BCUT2D eigenvalue weighted by Gasteiger charge is 2.33. The molecule has 7 nitrogen and oxygen atoms in total. The van der Waals surface area contributed by atoms with E-state index in [4.69, 9.17) is 21.1 Å². The summed E-state index contributed by atoms with van der Waals surface area (Å²) in [5, 5.41) is 8.32. The third kappa shape index (κ3) is 5.06. The number of nitrogens with one attached hydrogen (secondary N) is 1. The predicted octanol–water partition coefficient (Wildman–Crippen LogP) is 4.24. The zero-order valence-corrected chi connectivity index (χ0v) is 18.6. The van der Waals surface area contributed by atoms with Gasteiger partial charge in [0.15, 0.2) is 16.7 Å². The van der Waals surface area contributed by atoms with Crippen molar-refractivity contribution in [1.29, 1.82) is 0 Å². The number of amidine groups is 1. The van der Waals surface area contributed by atoms with E-state index < -0.39 is 5.37 Å². The van der Waals surface area contributed by atoms with Crippen molar-refractivity contribution in [2.45, 2.75) is 32.8 Å². The molecule has 1 atom stereocenters. The van der Waals surface area contributed by atoms with Gasteiger partial charge in [0.05, 0.1) is 12.1 Å². The van der Waals surface area contributed by atoms with Gasteiger partial charge in [0, 0.05) is 13.8 Å². The van der Waals surface area contributed by atoms with Gasteiger partial charge >= 0.3 is 0 Å². The van der Waals surface area contributed by atoms with Crippen molar-refractivity contribution >= 4 is 40.3 Å². The van der Waals surface area contributed by atoms with Gasteiger partial charge in [-0.1, -0.05) is 53.2 Å². The fourth-order valence-electron chi connectivity index (χ4n) is 2.96. The number of nitrogens with zero attached hydrogens (tertiary/aromatic N) is 2. The molecule has 3 rings (SSSR count).